The van der Waals surface area contributed by atoms with Crippen LogP contribution in [0.25, 0.3) is 0 Å². The summed E-state index contributed by atoms with van der Waals surface area (Å²) in [6.07, 6.45) is 1.05. The fourth-order valence-electron chi connectivity index (χ4n) is 1.65. The van der Waals surface area contributed by atoms with Gasteiger partial charge in [0.2, 0.25) is 0 Å². The molecule has 7 heteroatoms. The highest BCUT2D eigenvalue weighted by atomic mass is 16.6. The molecule has 1 atom stereocenters. The number of nitro benzene ring substituents is 1. The zero-order chi connectivity index (χ0) is 14.4. The van der Waals surface area contributed by atoms with E-state index in [2.05, 4.69) is 5.32 Å². The number of nitrogens with one attached hydrogen (secondary N) is 1. The van der Waals surface area contributed by atoms with Crippen LogP contribution in [-0.2, 0) is 4.79 Å². The molecule has 0 radical (unpaired) electrons. The number of carboxylic acids is 1. The van der Waals surface area contributed by atoms with E-state index in [1.807, 2.05) is 6.92 Å². The Bertz CT molecular complexity index is 475. The normalized spacial score (nSPS) is 11.7. The van der Waals surface area contributed by atoms with Gasteiger partial charge < -0.3 is 15.2 Å². The molecule has 2 N–H and O–H groups in total. The number of anilines is 1. The molecule has 1 unspecified atom stereocenters. The second kappa shape index (κ2) is 6.58. The SMILES string of the molecule is CCCC(Nc1ccc(OC)cc1[N+](=O)[O-])C(=O)O. The Morgan fingerprint density at radius 1 is 1.58 bits per heavy atom. The van der Waals surface area contributed by atoms with Crippen LogP contribution in [0.4, 0.5) is 11.4 Å². The van der Waals surface area contributed by atoms with Crippen molar-refractivity contribution in [2.24, 2.45) is 0 Å². The molecule has 0 saturated carbocycles. The van der Waals surface area contributed by atoms with Crippen molar-refractivity contribution in [3.05, 3.63) is 28.3 Å². The predicted octanol–water partition coefficient (Wildman–Crippen LogP) is 2.27. The molecule has 0 amide bonds. The standard InChI is InChI=1S/C12H16N2O5/c1-3-4-10(12(15)16)13-9-6-5-8(19-2)7-11(9)14(17)18/h5-7,10,13H,3-4H2,1-2H3,(H,15,16). The van der Waals surface area contributed by atoms with E-state index in [0.29, 0.717) is 18.6 Å². The summed E-state index contributed by atoms with van der Waals surface area (Å²) in [5, 5.41) is 22.7. The zero-order valence-electron chi connectivity index (χ0n) is 10.8. The third kappa shape index (κ3) is 3.84. The van der Waals surface area contributed by atoms with Crippen molar-refractivity contribution in [1.29, 1.82) is 0 Å². The minimum atomic E-state index is -1.04. The molecule has 19 heavy (non-hydrogen) atoms. The van der Waals surface area contributed by atoms with Crippen LogP contribution in [0.3, 0.4) is 0 Å². The summed E-state index contributed by atoms with van der Waals surface area (Å²) in [7, 11) is 1.41. The van der Waals surface area contributed by atoms with E-state index in [-0.39, 0.29) is 11.4 Å². The number of hydrogen-bond acceptors (Lipinski definition) is 5. The highest BCUT2D eigenvalue weighted by molar-refractivity contribution is 5.79. The van der Waals surface area contributed by atoms with Crippen LogP contribution in [-0.4, -0.2) is 29.2 Å². The van der Waals surface area contributed by atoms with Crippen LogP contribution in [0.5, 0.6) is 5.75 Å². The highest BCUT2D eigenvalue weighted by Gasteiger charge is 2.21. The molecule has 7 nitrogen and oxygen atoms in total. The van der Waals surface area contributed by atoms with Gasteiger partial charge in [0.1, 0.15) is 17.5 Å². The Hall–Kier alpha value is -2.31. The van der Waals surface area contributed by atoms with E-state index < -0.39 is 16.9 Å². The molecule has 104 valence electrons. The number of rotatable bonds is 7. The van der Waals surface area contributed by atoms with Gasteiger partial charge in [-0.05, 0) is 18.6 Å². The zero-order valence-corrected chi connectivity index (χ0v) is 10.8. The number of ether oxygens (including phenoxy) is 1. The number of nitro groups is 1. The Morgan fingerprint density at radius 3 is 2.74 bits per heavy atom. The Morgan fingerprint density at radius 2 is 2.26 bits per heavy atom. The predicted molar refractivity (Wildman–Crippen MR) is 69.6 cm³/mol. The molecule has 0 aromatic heterocycles. The van der Waals surface area contributed by atoms with E-state index >= 15 is 0 Å². The Kier molecular flexibility index (Phi) is 5.11. The summed E-state index contributed by atoms with van der Waals surface area (Å²) in [6.45, 7) is 1.85. The molecule has 1 rings (SSSR count). The average Bonchev–Trinajstić information content (AvgIpc) is 2.38. The van der Waals surface area contributed by atoms with Gasteiger partial charge in [0.25, 0.3) is 5.69 Å². The molecular weight excluding hydrogens is 252 g/mol. The van der Waals surface area contributed by atoms with Crippen molar-refractivity contribution >= 4 is 17.3 Å². The minimum absolute atomic E-state index is 0.173. The van der Waals surface area contributed by atoms with Gasteiger partial charge in [-0.3, -0.25) is 10.1 Å². The molecule has 0 spiro atoms. The first-order valence-electron chi connectivity index (χ1n) is 5.81. The maximum absolute atomic E-state index is 11.0. The molecule has 0 aliphatic heterocycles. The molecule has 0 bridgehead atoms. The molecular formula is C12H16N2O5. The fraction of sp³-hybridized carbons (Fsp3) is 0.417. The highest BCUT2D eigenvalue weighted by Crippen LogP contribution is 2.29. The quantitative estimate of drug-likeness (QED) is 0.581. The first-order valence-corrected chi connectivity index (χ1v) is 5.81. The van der Waals surface area contributed by atoms with Crippen LogP contribution in [0, 0.1) is 10.1 Å². The number of hydrogen-bond donors (Lipinski definition) is 2. The van der Waals surface area contributed by atoms with Crippen molar-refractivity contribution in [2.45, 2.75) is 25.8 Å². The van der Waals surface area contributed by atoms with Crippen molar-refractivity contribution in [1.82, 2.24) is 0 Å². The minimum Gasteiger partial charge on any atom is -0.496 e. The van der Waals surface area contributed by atoms with Gasteiger partial charge in [0.05, 0.1) is 18.1 Å². The molecule has 1 aromatic carbocycles. The van der Waals surface area contributed by atoms with Crippen LogP contribution in [0.2, 0.25) is 0 Å². The van der Waals surface area contributed by atoms with Crippen molar-refractivity contribution < 1.29 is 19.6 Å². The van der Waals surface area contributed by atoms with E-state index in [1.165, 1.54) is 19.2 Å². The monoisotopic (exact) mass is 268 g/mol. The van der Waals surface area contributed by atoms with Gasteiger partial charge in [-0.15, -0.1) is 0 Å². The van der Waals surface area contributed by atoms with Gasteiger partial charge in [0, 0.05) is 0 Å². The number of methoxy groups -OCH3 is 1. The molecule has 0 heterocycles. The first kappa shape index (κ1) is 14.7. The lowest BCUT2D eigenvalue weighted by atomic mass is 10.1. The molecule has 1 aromatic rings. The summed E-state index contributed by atoms with van der Waals surface area (Å²) >= 11 is 0. The summed E-state index contributed by atoms with van der Waals surface area (Å²) in [4.78, 5) is 21.4. The lowest BCUT2D eigenvalue weighted by Gasteiger charge is -2.15. The maximum atomic E-state index is 11.0. The van der Waals surface area contributed by atoms with E-state index in [0.717, 1.165) is 0 Å². The summed E-state index contributed by atoms with van der Waals surface area (Å²) in [6, 6.07) is 3.40. The third-order valence-electron chi connectivity index (χ3n) is 2.61. The average molecular weight is 268 g/mol. The number of nitrogens with zero attached hydrogens (tertiary/aromatic N) is 1. The summed E-state index contributed by atoms with van der Waals surface area (Å²) in [5.41, 5.74) is -0.0339. The number of carbonyl (C=O) groups is 1. The van der Waals surface area contributed by atoms with Gasteiger partial charge in [0.15, 0.2) is 0 Å². The van der Waals surface area contributed by atoms with Crippen molar-refractivity contribution in [3.63, 3.8) is 0 Å². The first-order chi connectivity index (χ1) is 8.99. The summed E-state index contributed by atoms with van der Waals surface area (Å²) in [5.74, 6) is -0.688. The van der Waals surface area contributed by atoms with Crippen LogP contribution in [0.15, 0.2) is 18.2 Å². The van der Waals surface area contributed by atoms with Crippen LogP contribution < -0.4 is 10.1 Å². The van der Waals surface area contributed by atoms with Crippen molar-refractivity contribution in [3.8, 4) is 5.75 Å². The van der Waals surface area contributed by atoms with Gasteiger partial charge in [-0.2, -0.15) is 0 Å². The van der Waals surface area contributed by atoms with Crippen molar-refractivity contribution in [2.75, 3.05) is 12.4 Å². The summed E-state index contributed by atoms with van der Waals surface area (Å²) < 4.78 is 4.91. The van der Waals surface area contributed by atoms with Gasteiger partial charge in [-0.25, -0.2) is 4.79 Å². The van der Waals surface area contributed by atoms with Gasteiger partial charge in [-0.1, -0.05) is 13.3 Å². The lowest BCUT2D eigenvalue weighted by molar-refractivity contribution is -0.384. The van der Waals surface area contributed by atoms with Crippen LogP contribution >= 0.6 is 0 Å². The van der Waals surface area contributed by atoms with E-state index in [9.17, 15) is 14.9 Å². The third-order valence-corrected chi connectivity index (χ3v) is 2.61. The Balaban J connectivity index is 3.05. The lowest BCUT2D eigenvalue weighted by Crippen LogP contribution is -2.29. The molecule has 0 aliphatic rings. The second-order valence-electron chi connectivity index (χ2n) is 3.96. The molecule has 0 aliphatic carbocycles. The van der Waals surface area contributed by atoms with Gasteiger partial charge >= 0.3 is 5.97 Å². The number of benzene rings is 1. The number of aliphatic carboxylic acids is 1. The number of carboxylic acid groups (broad SMARTS) is 1. The smallest absolute Gasteiger partial charge is 0.326 e. The maximum Gasteiger partial charge on any atom is 0.326 e. The topological polar surface area (TPSA) is 102 Å². The fourth-order valence-corrected chi connectivity index (χ4v) is 1.65. The Labute approximate surface area is 110 Å². The largest absolute Gasteiger partial charge is 0.496 e. The second-order valence-corrected chi connectivity index (χ2v) is 3.96. The van der Waals surface area contributed by atoms with E-state index in [4.69, 9.17) is 9.84 Å². The van der Waals surface area contributed by atoms with E-state index in [1.54, 1.807) is 6.07 Å². The van der Waals surface area contributed by atoms with Crippen LogP contribution in [0.1, 0.15) is 19.8 Å². The molecule has 0 fully saturated rings. The molecule has 0 saturated heterocycles.